The molecule has 0 radical (unpaired) electrons. The monoisotopic (exact) mass is 275 g/mol. The van der Waals surface area contributed by atoms with Crippen LogP contribution in [0.1, 0.15) is 12.5 Å². The smallest absolute Gasteiger partial charge is 0.0346 e. The zero-order valence-electron chi connectivity index (χ0n) is 9.20. The van der Waals surface area contributed by atoms with Crippen LogP contribution < -0.4 is 5.73 Å². The molecule has 0 bridgehead atoms. The van der Waals surface area contributed by atoms with Gasteiger partial charge in [-0.15, -0.1) is 0 Å². The fraction of sp³-hybridized carbons (Fsp3) is 0.143. The second-order valence-electron chi connectivity index (χ2n) is 3.75. The summed E-state index contributed by atoms with van der Waals surface area (Å²) in [4.78, 5) is 0. The fourth-order valence-corrected chi connectivity index (χ4v) is 2.29. The van der Waals surface area contributed by atoms with Gasteiger partial charge in [-0.05, 0) is 41.3 Å². The van der Waals surface area contributed by atoms with Crippen LogP contribution >= 0.6 is 15.9 Å². The van der Waals surface area contributed by atoms with Crippen LogP contribution in [0.2, 0.25) is 0 Å². The van der Waals surface area contributed by atoms with E-state index in [4.69, 9.17) is 5.73 Å². The molecule has 0 spiro atoms. The quantitative estimate of drug-likeness (QED) is 0.815. The van der Waals surface area contributed by atoms with Crippen molar-refractivity contribution in [3.8, 4) is 11.1 Å². The Balaban J connectivity index is 2.53. The lowest BCUT2D eigenvalue weighted by molar-refractivity contribution is 1.15. The molecule has 1 nitrogen and oxygen atoms in total. The predicted molar refractivity (Wildman–Crippen MR) is 73.4 cm³/mol. The highest BCUT2D eigenvalue weighted by molar-refractivity contribution is 9.10. The summed E-state index contributed by atoms with van der Waals surface area (Å²) in [6.07, 6.45) is 0.962. The summed E-state index contributed by atoms with van der Waals surface area (Å²) in [6, 6.07) is 14.4. The SMILES string of the molecule is CCc1cc(-c2ccccc2Br)ccc1N. The Hall–Kier alpha value is -1.28. The number of hydrogen-bond donors (Lipinski definition) is 1. The highest BCUT2D eigenvalue weighted by Gasteiger charge is 2.04. The molecular weight excluding hydrogens is 262 g/mol. The van der Waals surface area contributed by atoms with Gasteiger partial charge in [0.1, 0.15) is 0 Å². The summed E-state index contributed by atoms with van der Waals surface area (Å²) >= 11 is 3.57. The Morgan fingerprint density at radius 1 is 1.12 bits per heavy atom. The molecule has 0 unspecified atom stereocenters. The maximum absolute atomic E-state index is 5.90. The van der Waals surface area contributed by atoms with Gasteiger partial charge in [-0.2, -0.15) is 0 Å². The molecular formula is C14H14BrN. The lowest BCUT2D eigenvalue weighted by atomic mass is 10.0. The molecule has 0 amide bonds. The Kier molecular flexibility index (Phi) is 3.30. The molecule has 0 aromatic heterocycles. The maximum atomic E-state index is 5.90. The lowest BCUT2D eigenvalue weighted by Gasteiger charge is -2.08. The normalized spacial score (nSPS) is 10.4. The van der Waals surface area contributed by atoms with Crippen LogP contribution in [-0.4, -0.2) is 0 Å². The van der Waals surface area contributed by atoms with Crippen LogP contribution in [0, 0.1) is 0 Å². The molecule has 2 heteroatoms. The molecule has 0 aliphatic carbocycles. The van der Waals surface area contributed by atoms with Crippen LogP contribution in [0.25, 0.3) is 11.1 Å². The van der Waals surface area contributed by atoms with E-state index >= 15 is 0 Å². The second-order valence-corrected chi connectivity index (χ2v) is 4.60. The van der Waals surface area contributed by atoms with Crippen molar-refractivity contribution < 1.29 is 0 Å². The van der Waals surface area contributed by atoms with Crippen LogP contribution in [0.15, 0.2) is 46.9 Å². The Morgan fingerprint density at radius 3 is 2.56 bits per heavy atom. The molecule has 2 N–H and O–H groups in total. The third kappa shape index (κ3) is 2.12. The third-order valence-electron chi connectivity index (χ3n) is 2.71. The van der Waals surface area contributed by atoms with Gasteiger partial charge < -0.3 is 5.73 Å². The largest absolute Gasteiger partial charge is 0.399 e. The first kappa shape index (κ1) is 11.2. The molecule has 0 saturated carbocycles. The number of benzene rings is 2. The third-order valence-corrected chi connectivity index (χ3v) is 3.40. The van der Waals surface area contributed by atoms with E-state index in [0.717, 1.165) is 16.6 Å². The summed E-state index contributed by atoms with van der Waals surface area (Å²) in [5.41, 5.74) is 10.4. The number of nitrogen functional groups attached to an aromatic ring is 1. The van der Waals surface area contributed by atoms with Crippen molar-refractivity contribution in [1.82, 2.24) is 0 Å². The minimum absolute atomic E-state index is 0.873. The highest BCUT2D eigenvalue weighted by Crippen LogP contribution is 2.30. The van der Waals surface area contributed by atoms with Crippen LogP contribution in [-0.2, 0) is 6.42 Å². The average molecular weight is 276 g/mol. The topological polar surface area (TPSA) is 26.0 Å². The molecule has 2 aromatic carbocycles. The maximum Gasteiger partial charge on any atom is 0.0346 e. The molecule has 2 aromatic rings. The van der Waals surface area contributed by atoms with Gasteiger partial charge in [0.05, 0.1) is 0 Å². The standard InChI is InChI=1S/C14H14BrN/c1-2-10-9-11(7-8-14(10)16)12-5-3-4-6-13(12)15/h3-9H,2,16H2,1H3. The van der Waals surface area contributed by atoms with Crippen molar-refractivity contribution in [2.45, 2.75) is 13.3 Å². The van der Waals surface area contributed by atoms with Gasteiger partial charge in [0.15, 0.2) is 0 Å². The number of anilines is 1. The van der Waals surface area contributed by atoms with Crippen LogP contribution in [0.5, 0.6) is 0 Å². The summed E-state index contributed by atoms with van der Waals surface area (Å²) in [5, 5.41) is 0. The molecule has 0 aliphatic heterocycles. The first-order valence-corrected chi connectivity index (χ1v) is 6.15. The van der Waals surface area contributed by atoms with E-state index in [1.807, 2.05) is 18.2 Å². The Bertz CT molecular complexity index is 506. The van der Waals surface area contributed by atoms with Crippen molar-refractivity contribution in [2.75, 3.05) is 5.73 Å². The Morgan fingerprint density at radius 2 is 1.88 bits per heavy atom. The van der Waals surface area contributed by atoms with Crippen molar-refractivity contribution in [3.05, 3.63) is 52.5 Å². The van der Waals surface area contributed by atoms with Gasteiger partial charge in [-0.25, -0.2) is 0 Å². The zero-order valence-corrected chi connectivity index (χ0v) is 10.8. The first-order valence-electron chi connectivity index (χ1n) is 5.35. The molecule has 82 valence electrons. The van der Waals surface area contributed by atoms with Crippen molar-refractivity contribution >= 4 is 21.6 Å². The summed E-state index contributed by atoms with van der Waals surface area (Å²) in [5.74, 6) is 0. The minimum atomic E-state index is 0.873. The van der Waals surface area contributed by atoms with E-state index in [1.54, 1.807) is 0 Å². The van der Waals surface area contributed by atoms with Crippen molar-refractivity contribution in [3.63, 3.8) is 0 Å². The van der Waals surface area contributed by atoms with Crippen LogP contribution in [0.3, 0.4) is 0 Å². The number of aryl methyl sites for hydroxylation is 1. The Labute approximate surface area is 104 Å². The summed E-state index contributed by atoms with van der Waals surface area (Å²) in [7, 11) is 0. The molecule has 16 heavy (non-hydrogen) atoms. The molecule has 0 atom stereocenters. The van der Waals surface area contributed by atoms with Gasteiger partial charge in [-0.1, -0.05) is 47.1 Å². The number of hydrogen-bond acceptors (Lipinski definition) is 1. The van der Waals surface area contributed by atoms with Gasteiger partial charge in [0, 0.05) is 10.2 Å². The molecule has 2 rings (SSSR count). The van der Waals surface area contributed by atoms with E-state index in [-0.39, 0.29) is 0 Å². The van der Waals surface area contributed by atoms with Gasteiger partial charge in [0.25, 0.3) is 0 Å². The van der Waals surface area contributed by atoms with E-state index in [9.17, 15) is 0 Å². The molecule has 0 saturated heterocycles. The summed E-state index contributed by atoms with van der Waals surface area (Å²) < 4.78 is 1.11. The number of halogens is 1. The van der Waals surface area contributed by atoms with E-state index in [2.05, 4.69) is 47.1 Å². The second kappa shape index (κ2) is 4.71. The van der Waals surface area contributed by atoms with Crippen LogP contribution in [0.4, 0.5) is 5.69 Å². The fourth-order valence-electron chi connectivity index (χ4n) is 1.77. The average Bonchev–Trinajstić information content (AvgIpc) is 2.31. The number of nitrogens with two attached hydrogens (primary N) is 1. The van der Waals surface area contributed by atoms with E-state index in [1.165, 1.54) is 16.7 Å². The van der Waals surface area contributed by atoms with Crippen molar-refractivity contribution in [1.29, 1.82) is 0 Å². The van der Waals surface area contributed by atoms with E-state index in [0.29, 0.717) is 0 Å². The summed E-state index contributed by atoms with van der Waals surface area (Å²) in [6.45, 7) is 2.12. The lowest BCUT2D eigenvalue weighted by Crippen LogP contribution is -1.93. The van der Waals surface area contributed by atoms with Gasteiger partial charge >= 0.3 is 0 Å². The minimum Gasteiger partial charge on any atom is -0.399 e. The highest BCUT2D eigenvalue weighted by atomic mass is 79.9. The van der Waals surface area contributed by atoms with Gasteiger partial charge in [-0.3, -0.25) is 0 Å². The molecule has 0 aliphatic rings. The zero-order chi connectivity index (χ0) is 11.5. The number of rotatable bonds is 2. The van der Waals surface area contributed by atoms with Gasteiger partial charge in [0.2, 0.25) is 0 Å². The van der Waals surface area contributed by atoms with E-state index < -0.39 is 0 Å². The molecule has 0 heterocycles. The predicted octanol–water partition coefficient (Wildman–Crippen LogP) is 4.26. The first-order chi connectivity index (χ1) is 7.72. The molecule has 0 fully saturated rings. The van der Waals surface area contributed by atoms with Crippen molar-refractivity contribution in [2.24, 2.45) is 0 Å².